The van der Waals surface area contributed by atoms with Gasteiger partial charge in [-0.1, -0.05) is 49.1 Å². The average Bonchev–Trinajstić information content (AvgIpc) is 2.98. The minimum Gasteiger partial charge on any atom is -0.481 e. The molecule has 2 aromatic rings. The highest BCUT2D eigenvalue weighted by Gasteiger charge is 2.20. The number of benzene rings is 1. The summed E-state index contributed by atoms with van der Waals surface area (Å²) in [5.41, 5.74) is 1.10. The molecule has 5 nitrogen and oxygen atoms in total. The molecule has 1 aromatic carbocycles. The van der Waals surface area contributed by atoms with Crippen molar-refractivity contribution in [1.29, 1.82) is 0 Å². The SMILES string of the molecule is CCCSc1nnc(NC(=O)[C@H](CC)Oc2cccc(C)c2)s1. The van der Waals surface area contributed by atoms with Crippen LogP contribution in [0.4, 0.5) is 5.13 Å². The zero-order valence-corrected chi connectivity index (χ0v) is 15.2. The molecule has 0 spiro atoms. The first-order valence-electron chi connectivity index (χ1n) is 7.62. The van der Waals surface area contributed by atoms with Gasteiger partial charge in [0, 0.05) is 5.75 Å². The van der Waals surface area contributed by atoms with E-state index in [-0.39, 0.29) is 5.91 Å². The maximum absolute atomic E-state index is 12.4. The maximum atomic E-state index is 12.4. The quantitative estimate of drug-likeness (QED) is 0.572. The second kappa shape index (κ2) is 8.88. The van der Waals surface area contributed by atoms with Crippen molar-refractivity contribution >= 4 is 34.1 Å². The van der Waals surface area contributed by atoms with Crippen molar-refractivity contribution in [2.45, 2.75) is 44.1 Å². The Labute approximate surface area is 144 Å². The Bertz CT molecular complexity index is 646. The monoisotopic (exact) mass is 351 g/mol. The van der Waals surface area contributed by atoms with Gasteiger partial charge in [0.05, 0.1) is 0 Å². The number of aromatic nitrogens is 2. The number of carbonyl (C=O) groups excluding carboxylic acids is 1. The van der Waals surface area contributed by atoms with Crippen molar-refractivity contribution in [3.8, 4) is 5.75 Å². The fourth-order valence-corrected chi connectivity index (χ4v) is 3.55. The lowest BCUT2D eigenvalue weighted by atomic mass is 10.2. The summed E-state index contributed by atoms with van der Waals surface area (Å²) in [4.78, 5) is 12.4. The molecule has 1 aromatic heterocycles. The number of nitrogens with one attached hydrogen (secondary N) is 1. The number of hydrogen-bond donors (Lipinski definition) is 1. The standard InChI is InChI=1S/C16H21N3O2S2/c1-4-9-22-16-19-18-15(23-16)17-14(20)13(5-2)21-12-8-6-7-11(3)10-12/h6-8,10,13H,4-5,9H2,1-3H3,(H,17,18,20)/t13-/m0/s1. The van der Waals surface area contributed by atoms with Crippen LogP contribution in [0, 0.1) is 6.92 Å². The van der Waals surface area contributed by atoms with Crippen LogP contribution in [0.1, 0.15) is 32.3 Å². The predicted molar refractivity (Wildman–Crippen MR) is 95.4 cm³/mol. The smallest absolute Gasteiger partial charge is 0.267 e. The van der Waals surface area contributed by atoms with Crippen molar-refractivity contribution in [1.82, 2.24) is 10.2 Å². The molecule has 1 amide bonds. The third-order valence-corrected chi connectivity index (χ3v) is 5.18. The highest BCUT2D eigenvalue weighted by atomic mass is 32.2. The first-order valence-corrected chi connectivity index (χ1v) is 9.43. The summed E-state index contributed by atoms with van der Waals surface area (Å²) in [6.07, 6.45) is 1.11. The Kier molecular flexibility index (Phi) is 6.85. The molecule has 2 rings (SSSR count). The molecule has 7 heteroatoms. The van der Waals surface area contributed by atoms with E-state index in [0.29, 0.717) is 17.3 Å². The predicted octanol–water partition coefficient (Wildman–Crippen LogP) is 4.14. The number of aryl methyl sites for hydroxylation is 1. The third kappa shape index (κ3) is 5.51. The minimum atomic E-state index is -0.549. The second-order valence-corrected chi connectivity index (χ2v) is 7.36. The zero-order chi connectivity index (χ0) is 16.7. The van der Waals surface area contributed by atoms with Gasteiger partial charge in [-0.05, 0) is 37.5 Å². The molecular weight excluding hydrogens is 330 g/mol. The van der Waals surface area contributed by atoms with Crippen LogP contribution in [0.5, 0.6) is 5.75 Å². The molecular formula is C16H21N3O2S2. The van der Waals surface area contributed by atoms with Crippen LogP contribution in [0.3, 0.4) is 0 Å². The number of anilines is 1. The molecule has 1 heterocycles. The van der Waals surface area contributed by atoms with E-state index >= 15 is 0 Å². The number of nitrogens with zero attached hydrogens (tertiary/aromatic N) is 2. The Morgan fingerprint density at radius 1 is 1.39 bits per heavy atom. The summed E-state index contributed by atoms with van der Waals surface area (Å²) in [5.74, 6) is 1.50. The molecule has 0 radical (unpaired) electrons. The van der Waals surface area contributed by atoms with Gasteiger partial charge in [0.1, 0.15) is 5.75 Å². The van der Waals surface area contributed by atoms with Gasteiger partial charge in [-0.25, -0.2) is 0 Å². The van der Waals surface area contributed by atoms with Gasteiger partial charge in [0.25, 0.3) is 5.91 Å². The van der Waals surface area contributed by atoms with Gasteiger partial charge in [0.15, 0.2) is 10.4 Å². The van der Waals surface area contributed by atoms with Gasteiger partial charge in [-0.15, -0.1) is 10.2 Å². The molecule has 0 unspecified atom stereocenters. The van der Waals surface area contributed by atoms with Crippen LogP contribution >= 0.6 is 23.1 Å². The normalized spacial score (nSPS) is 12.0. The first-order chi connectivity index (χ1) is 11.1. The van der Waals surface area contributed by atoms with Crippen molar-refractivity contribution in [2.24, 2.45) is 0 Å². The molecule has 23 heavy (non-hydrogen) atoms. The summed E-state index contributed by atoms with van der Waals surface area (Å²) in [6, 6.07) is 7.68. The number of thioether (sulfide) groups is 1. The molecule has 124 valence electrons. The largest absolute Gasteiger partial charge is 0.481 e. The lowest BCUT2D eigenvalue weighted by Gasteiger charge is -2.16. The van der Waals surface area contributed by atoms with Crippen LogP contribution in [-0.4, -0.2) is 28.0 Å². The minimum absolute atomic E-state index is 0.197. The van der Waals surface area contributed by atoms with Crippen LogP contribution < -0.4 is 10.1 Å². The van der Waals surface area contributed by atoms with E-state index in [1.54, 1.807) is 11.8 Å². The van der Waals surface area contributed by atoms with Gasteiger partial charge in [0.2, 0.25) is 5.13 Å². The Morgan fingerprint density at radius 3 is 2.91 bits per heavy atom. The van der Waals surface area contributed by atoms with E-state index in [9.17, 15) is 4.79 Å². The van der Waals surface area contributed by atoms with Crippen LogP contribution in [0.15, 0.2) is 28.6 Å². The maximum Gasteiger partial charge on any atom is 0.267 e. The topological polar surface area (TPSA) is 64.1 Å². The van der Waals surface area contributed by atoms with Crippen LogP contribution in [0.2, 0.25) is 0 Å². The van der Waals surface area contributed by atoms with E-state index in [1.165, 1.54) is 11.3 Å². The summed E-state index contributed by atoms with van der Waals surface area (Å²) in [6.45, 7) is 6.03. The van der Waals surface area contributed by atoms with Crippen molar-refractivity contribution in [3.05, 3.63) is 29.8 Å². The van der Waals surface area contributed by atoms with E-state index in [1.807, 2.05) is 38.1 Å². The first kappa shape index (κ1) is 17.7. The third-order valence-electron chi connectivity index (χ3n) is 3.00. The molecule has 0 bridgehead atoms. The molecule has 0 aliphatic heterocycles. The lowest BCUT2D eigenvalue weighted by Crippen LogP contribution is -2.32. The molecule has 1 N–H and O–H groups in total. The summed E-state index contributed by atoms with van der Waals surface area (Å²) in [5, 5.41) is 11.4. The molecule has 0 saturated carbocycles. The summed E-state index contributed by atoms with van der Waals surface area (Å²) in [7, 11) is 0. The molecule has 1 atom stereocenters. The van der Waals surface area contributed by atoms with Gasteiger partial charge >= 0.3 is 0 Å². The fourth-order valence-electron chi connectivity index (χ4n) is 1.87. The van der Waals surface area contributed by atoms with E-state index in [2.05, 4.69) is 22.4 Å². The van der Waals surface area contributed by atoms with E-state index in [0.717, 1.165) is 22.1 Å². The molecule has 0 fully saturated rings. The number of hydrogen-bond acceptors (Lipinski definition) is 6. The van der Waals surface area contributed by atoms with Gasteiger partial charge in [-0.3, -0.25) is 10.1 Å². The molecule has 0 aliphatic rings. The average molecular weight is 351 g/mol. The highest BCUT2D eigenvalue weighted by Crippen LogP contribution is 2.26. The zero-order valence-electron chi connectivity index (χ0n) is 13.5. The summed E-state index contributed by atoms with van der Waals surface area (Å²) < 4.78 is 6.66. The number of amides is 1. The van der Waals surface area contributed by atoms with Crippen molar-refractivity contribution in [3.63, 3.8) is 0 Å². The van der Waals surface area contributed by atoms with Crippen molar-refractivity contribution < 1.29 is 9.53 Å². The lowest BCUT2D eigenvalue weighted by molar-refractivity contribution is -0.122. The molecule has 0 saturated heterocycles. The van der Waals surface area contributed by atoms with E-state index in [4.69, 9.17) is 4.74 Å². The van der Waals surface area contributed by atoms with E-state index < -0.39 is 6.10 Å². The fraction of sp³-hybridized carbons (Fsp3) is 0.438. The Morgan fingerprint density at radius 2 is 2.22 bits per heavy atom. The number of ether oxygens (including phenoxy) is 1. The Balaban J connectivity index is 1.95. The van der Waals surface area contributed by atoms with Gasteiger partial charge in [-0.2, -0.15) is 0 Å². The number of carbonyl (C=O) groups is 1. The van der Waals surface area contributed by atoms with Crippen LogP contribution in [-0.2, 0) is 4.79 Å². The second-order valence-electron chi connectivity index (χ2n) is 5.04. The molecule has 0 aliphatic carbocycles. The number of rotatable bonds is 8. The van der Waals surface area contributed by atoms with Crippen LogP contribution in [0.25, 0.3) is 0 Å². The van der Waals surface area contributed by atoms with Crippen molar-refractivity contribution in [2.75, 3.05) is 11.1 Å². The highest BCUT2D eigenvalue weighted by molar-refractivity contribution is 8.01. The Hall–Kier alpha value is -1.60. The summed E-state index contributed by atoms with van der Waals surface area (Å²) >= 11 is 3.04. The van der Waals surface area contributed by atoms with Gasteiger partial charge < -0.3 is 4.74 Å².